The molecule has 3 saturated heterocycles. The van der Waals surface area contributed by atoms with Crippen molar-refractivity contribution in [1.29, 1.82) is 0 Å². The number of benzene rings is 3. The number of cyclic esters (lactones) is 6. The lowest BCUT2D eigenvalue weighted by Gasteiger charge is -2.30. The zero-order chi connectivity index (χ0) is 53.5. The van der Waals surface area contributed by atoms with Crippen LogP contribution in [0.5, 0.6) is 0 Å². The summed E-state index contributed by atoms with van der Waals surface area (Å²) in [7, 11) is 4.46. The lowest BCUT2D eigenvalue weighted by molar-refractivity contribution is -0.131. The first-order chi connectivity index (χ1) is 35.3. The Kier molecular flexibility index (Phi) is 28.2. The van der Waals surface area contributed by atoms with Gasteiger partial charge in [-0.3, -0.25) is 4.79 Å². The second kappa shape index (κ2) is 34.0. The normalized spacial score (nSPS) is 17.4. The SMILES string of the molecule is C=COC(COC)CN(CC1COC(=O)O1)c1ccc(C)cc1.CC[C@@H](C)c1ccc(N(CC(COC=O)OC)CC2COC(=O)O2)cc1.COC(=O)OCCN(CC1COC(=O)O1)c1ccc(C)cc1.CS. The zero-order valence-corrected chi connectivity index (χ0v) is 44.1. The molecule has 20 nitrogen and oxygen atoms in total. The van der Waals surface area contributed by atoms with Gasteiger partial charge in [0.1, 0.15) is 45.2 Å². The molecular formula is C52H73N3O17S. The highest BCUT2D eigenvalue weighted by molar-refractivity contribution is 7.79. The maximum absolute atomic E-state index is 11.2. The summed E-state index contributed by atoms with van der Waals surface area (Å²) in [6.45, 7) is 16.8. The van der Waals surface area contributed by atoms with Gasteiger partial charge in [-0.2, -0.15) is 12.6 Å². The van der Waals surface area contributed by atoms with E-state index in [1.165, 1.54) is 24.5 Å². The molecular weight excluding hydrogens is 971 g/mol. The quantitative estimate of drug-likeness (QED) is 0.0267. The molecule has 0 aliphatic carbocycles. The highest BCUT2D eigenvalue weighted by Gasteiger charge is 2.31. The first-order valence-corrected chi connectivity index (χ1v) is 24.6. The van der Waals surface area contributed by atoms with Crippen molar-refractivity contribution in [3.8, 4) is 0 Å². The largest absolute Gasteiger partial charge is 0.508 e. The average molecular weight is 1040 g/mol. The van der Waals surface area contributed by atoms with Crippen molar-refractivity contribution in [2.75, 3.05) is 121 Å². The molecule has 0 N–H and O–H groups in total. The molecule has 404 valence electrons. The van der Waals surface area contributed by atoms with Gasteiger partial charge in [-0.25, -0.2) is 19.2 Å². The molecule has 5 unspecified atom stereocenters. The Morgan fingerprint density at radius 2 is 1.14 bits per heavy atom. The van der Waals surface area contributed by atoms with Crippen molar-refractivity contribution in [2.45, 2.75) is 70.6 Å². The van der Waals surface area contributed by atoms with Crippen molar-refractivity contribution in [1.82, 2.24) is 0 Å². The number of nitrogens with zero attached hydrogens (tertiary/aromatic N) is 3. The molecule has 0 bridgehead atoms. The maximum atomic E-state index is 11.2. The Hall–Kier alpha value is -6.58. The van der Waals surface area contributed by atoms with Crippen LogP contribution >= 0.6 is 12.6 Å². The fourth-order valence-corrected chi connectivity index (χ4v) is 7.35. The van der Waals surface area contributed by atoms with Crippen LogP contribution in [-0.4, -0.2) is 168 Å². The smallest absolute Gasteiger partial charge is 0.494 e. The third-order valence-electron chi connectivity index (χ3n) is 11.4. The molecule has 6 atom stereocenters. The Labute approximate surface area is 434 Å². The summed E-state index contributed by atoms with van der Waals surface area (Å²) in [5.74, 6) is 0.495. The van der Waals surface area contributed by atoms with Crippen LogP contribution in [0.1, 0.15) is 42.9 Å². The molecule has 3 fully saturated rings. The Morgan fingerprint density at radius 1 is 0.699 bits per heavy atom. The standard InChI is InChI=1S/C19H27NO6.C17H23NO5.C15H19NO6.CH4S/c1-4-14(2)15-5-7-16(8-6-15)20(9-17(23-3)11-24-13-21)10-18-12-25-19(22)26-18;1-4-21-15(11-20-3)9-18(10-16-12-22-17(19)23-16)14-7-5-13(2)6-8-14;1-11-3-5-12(6-4-11)16(7-8-20-14(17)19-2)9-13-10-21-15(18)22-13;1-2/h5-8,13-14,17-18H,4,9-12H2,1-3H3;4-8,15-16H,1,9-12H2,2-3H3;3-6,13H,7-10H2,1-2H3;2H,1H3/t14-,17?,18?;;;/m1.../s1. The summed E-state index contributed by atoms with van der Waals surface area (Å²) in [6, 6.07) is 24.4. The van der Waals surface area contributed by atoms with E-state index in [9.17, 15) is 24.0 Å². The minimum Gasteiger partial charge on any atom is -0.494 e. The number of ether oxygens (including phenoxy) is 12. The predicted molar refractivity (Wildman–Crippen MR) is 276 cm³/mol. The van der Waals surface area contributed by atoms with Crippen LogP contribution in [0, 0.1) is 13.8 Å². The number of hydrogen-bond donors (Lipinski definition) is 1. The van der Waals surface area contributed by atoms with Gasteiger partial charge in [0.2, 0.25) is 0 Å². The number of thiol groups is 1. The van der Waals surface area contributed by atoms with Gasteiger partial charge in [0.25, 0.3) is 6.47 Å². The molecule has 73 heavy (non-hydrogen) atoms. The summed E-state index contributed by atoms with van der Waals surface area (Å²) in [4.78, 5) is 60.9. The first-order valence-electron chi connectivity index (χ1n) is 23.7. The number of carbonyl (C=O) groups excluding carboxylic acids is 5. The van der Waals surface area contributed by atoms with E-state index in [2.05, 4.69) is 59.7 Å². The molecule has 0 saturated carbocycles. The summed E-state index contributed by atoms with van der Waals surface area (Å²) in [5, 5.41) is 0. The summed E-state index contributed by atoms with van der Waals surface area (Å²) >= 11 is 3.53. The number of methoxy groups -OCH3 is 3. The summed E-state index contributed by atoms with van der Waals surface area (Å²) < 4.78 is 60.1. The third kappa shape index (κ3) is 22.4. The number of carbonyl (C=O) groups is 5. The van der Waals surface area contributed by atoms with Gasteiger partial charge in [0.15, 0.2) is 18.3 Å². The monoisotopic (exact) mass is 1040 g/mol. The van der Waals surface area contributed by atoms with E-state index in [0.717, 1.165) is 29.0 Å². The molecule has 21 heteroatoms. The van der Waals surface area contributed by atoms with E-state index >= 15 is 0 Å². The number of hydrogen-bond acceptors (Lipinski definition) is 21. The second-order valence-corrected chi connectivity index (χ2v) is 16.7. The Balaban J connectivity index is 0.000000285. The number of anilines is 3. The van der Waals surface area contributed by atoms with E-state index in [1.54, 1.807) is 20.5 Å². The van der Waals surface area contributed by atoms with Crippen molar-refractivity contribution >= 4 is 60.8 Å². The lowest BCUT2D eigenvalue weighted by Crippen LogP contribution is -2.41. The van der Waals surface area contributed by atoms with E-state index in [1.807, 2.05) is 79.4 Å². The fraction of sp³-hybridized carbons (Fsp3) is 0.519. The molecule has 3 heterocycles. The van der Waals surface area contributed by atoms with Crippen molar-refractivity contribution in [2.24, 2.45) is 0 Å². The minimum absolute atomic E-state index is 0.155. The summed E-state index contributed by atoms with van der Waals surface area (Å²) in [5.41, 5.74) is 6.55. The fourth-order valence-electron chi connectivity index (χ4n) is 7.35. The minimum atomic E-state index is -0.723. The molecule has 3 aliphatic rings. The van der Waals surface area contributed by atoms with Gasteiger partial charge in [0.05, 0.1) is 52.7 Å². The highest BCUT2D eigenvalue weighted by Crippen LogP contribution is 2.25. The third-order valence-corrected chi connectivity index (χ3v) is 11.4. The highest BCUT2D eigenvalue weighted by atomic mass is 32.1. The molecule has 0 amide bonds. The van der Waals surface area contributed by atoms with E-state index in [-0.39, 0.29) is 63.6 Å². The molecule has 6 rings (SSSR count). The van der Waals surface area contributed by atoms with Crippen LogP contribution in [0.4, 0.5) is 36.2 Å². The molecule has 0 radical (unpaired) electrons. The molecule has 3 aromatic carbocycles. The predicted octanol–water partition coefficient (Wildman–Crippen LogP) is 7.91. The van der Waals surface area contributed by atoms with E-state index in [4.69, 9.17) is 52.1 Å². The Morgan fingerprint density at radius 3 is 1.52 bits per heavy atom. The van der Waals surface area contributed by atoms with Gasteiger partial charge in [0, 0.05) is 37.8 Å². The van der Waals surface area contributed by atoms with Crippen LogP contribution in [0.2, 0.25) is 0 Å². The number of rotatable bonds is 26. The van der Waals surface area contributed by atoms with Gasteiger partial charge in [-0.15, -0.1) is 0 Å². The Bertz CT molecular complexity index is 2080. The van der Waals surface area contributed by atoms with Crippen LogP contribution < -0.4 is 14.7 Å². The lowest BCUT2D eigenvalue weighted by atomic mass is 9.98. The average Bonchev–Trinajstić information content (AvgIpc) is 4.15. The first kappa shape index (κ1) is 60.7. The van der Waals surface area contributed by atoms with Crippen LogP contribution in [0.25, 0.3) is 0 Å². The van der Waals surface area contributed by atoms with Crippen molar-refractivity contribution in [3.63, 3.8) is 0 Å². The van der Waals surface area contributed by atoms with Crippen molar-refractivity contribution in [3.05, 3.63) is 102 Å². The molecule has 3 aliphatic heterocycles. The molecule has 3 aromatic rings. The molecule has 0 aromatic heterocycles. The van der Waals surface area contributed by atoms with E-state index < -0.39 is 24.6 Å². The number of aryl methyl sites for hydroxylation is 2. The van der Waals surface area contributed by atoms with Crippen LogP contribution in [0.3, 0.4) is 0 Å². The maximum Gasteiger partial charge on any atom is 0.508 e. The van der Waals surface area contributed by atoms with Gasteiger partial charge in [-0.05, 0) is 74.4 Å². The summed E-state index contributed by atoms with van der Waals surface area (Å²) in [6.07, 6.45) is 0.0970. The van der Waals surface area contributed by atoms with Crippen LogP contribution in [-0.2, 0) is 61.6 Å². The van der Waals surface area contributed by atoms with Gasteiger partial charge < -0.3 is 71.5 Å². The van der Waals surface area contributed by atoms with E-state index in [0.29, 0.717) is 58.3 Å². The van der Waals surface area contributed by atoms with Crippen LogP contribution in [0.15, 0.2) is 85.6 Å². The molecule has 0 spiro atoms. The topological polar surface area (TPSA) is 206 Å². The second-order valence-electron chi connectivity index (χ2n) is 16.7. The van der Waals surface area contributed by atoms with Gasteiger partial charge >= 0.3 is 24.6 Å². The zero-order valence-electron chi connectivity index (χ0n) is 43.2. The van der Waals surface area contributed by atoms with Gasteiger partial charge in [-0.1, -0.05) is 68.0 Å². The van der Waals surface area contributed by atoms with Crippen molar-refractivity contribution < 1.29 is 80.8 Å².